The molecule has 20 heavy (non-hydrogen) atoms. The van der Waals surface area contributed by atoms with Crippen LogP contribution in [0.15, 0.2) is 18.2 Å². The minimum absolute atomic E-state index is 0.156. The predicted molar refractivity (Wildman–Crippen MR) is 79.6 cm³/mol. The Morgan fingerprint density at radius 2 is 1.95 bits per heavy atom. The zero-order valence-corrected chi connectivity index (χ0v) is 12.7. The van der Waals surface area contributed by atoms with Gasteiger partial charge in [0.05, 0.1) is 24.5 Å². The van der Waals surface area contributed by atoms with Crippen LogP contribution in [0.25, 0.3) is 0 Å². The van der Waals surface area contributed by atoms with Crippen molar-refractivity contribution in [1.29, 1.82) is 0 Å². The van der Waals surface area contributed by atoms with Gasteiger partial charge in [-0.3, -0.25) is 10.5 Å². The van der Waals surface area contributed by atoms with E-state index in [4.69, 9.17) is 10.6 Å². The van der Waals surface area contributed by atoms with Crippen molar-refractivity contribution >= 4 is 0 Å². The van der Waals surface area contributed by atoms with Gasteiger partial charge < -0.3 is 4.74 Å². The van der Waals surface area contributed by atoms with E-state index >= 15 is 0 Å². The first-order valence-corrected chi connectivity index (χ1v) is 6.59. The summed E-state index contributed by atoms with van der Waals surface area (Å²) in [6.45, 7) is 6.09. The van der Waals surface area contributed by atoms with Crippen LogP contribution >= 0.6 is 0 Å². The van der Waals surface area contributed by atoms with Gasteiger partial charge in [0.25, 0.3) is 0 Å². The lowest BCUT2D eigenvalue weighted by Gasteiger charge is -2.22. The molecule has 5 nitrogen and oxygen atoms in total. The van der Waals surface area contributed by atoms with E-state index in [1.807, 2.05) is 30.8 Å². The summed E-state index contributed by atoms with van der Waals surface area (Å²) in [5.41, 5.74) is 8.21. The molecule has 0 saturated carbocycles. The maximum Gasteiger partial charge on any atom is 0.124 e. The number of hydrazine groups is 1. The van der Waals surface area contributed by atoms with Gasteiger partial charge in [-0.2, -0.15) is 5.10 Å². The Bertz CT molecular complexity index is 619. The van der Waals surface area contributed by atoms with Crippen LogP contribution in [0, 0.1) is 20.8 Å². The molecule has 0 amide bonds. The first-order valence-electron chi connectivity index (χ1n) is 6.59. The van der Waals surface area contributed by atoms with Crippen molar-refractivity contribution in [2.45, 2.75) is 26.8 Å². The molecule has 108 valence electrons. The molecule has 0 aliphatic carbocycles. The lowest BCUT2D eigenvalue weighted by molar-refractivity contribution is 0.401. The van der Waals surface area contributed by atoms with Crippen molar-refractivity contribution in [3.63, 3.8) is 0 Å². The summed E-state index contributed by atoms with van der Waals surface area (Å²) in [7, 11) is 3.60. The molecule has 0 bridgehead atoms. The molecule has 0 spiro atoms. The first-order chi connectivity index (χ1) is 9.47. The number of rotatable bonds is 4. The second-order valence-corrected chi connectivity index (χ2v) is 5.13. The largest absolute Gasteiger partial charge is 0.496 e. The molecule has 0 fully saturated rings. The topological polar surface area (TPSA) is 65.1 Å². The Morgan fingerprint density at radius 1 is 1.25 bits per heavy atom. The van der Waals surface area contributed by atoms with E-state index in [1.54, 1.807) is 7.11 Å². The van der Waals surface area contributed by atoms with Gasteiger partial charge >= 0.3 is 0 Å². The van der Waals surface area contributed by atoms with Crippen LogP contribution in [0.5, 0.6) is 5.75 Å². The van der Waals surface area contributed by atoms with Crippen LogP contribution in [-0.4, -0.2) is 16.9 Å². The van der Waals surface area contributed by atoms with Gasteiger partial charge in [-0.15, -0.1) is 0 Å². The molecule has 2 aromatic rings. The molecule has 1 unspecified atom stereocenters. The molecule has 0 aliphatic rings. The quantitative estimate of drug-likeness (QED) is 0.660. The van der Waals surface area contributed by atoms with E-state index < -0.39 is 0 Å². The summed E-state index contributed by atoms with van der Waals surface area (Å²) in [6.07, 6.45) is 0. The molecule has 0 aliphatic heterocycles. The van der Waals surface area contributed by atoms with E-state index in [9.17, 15) is 0 Å². The number of benzene rings is 1. The fourth-order valence-electron chi connectivity index (χ4n) is 2.70. The van der Waals surface area contributed by atoms with E-state index in [1.165, 1.54) is 5.56 Å². The van der Waals surface area contributed by atoms with Crippen LogP contribution in [0.4, 0.5) is 0 Å². The molecular formula is C15H22N4O. The van der Waals surface area contributed by atoms with E-state index in [0.29, 0.717) is 0 Å². The molecule has 5 heteroatoms. The van der Waals surface area contributed by atoms with Crippen LogP contribution in [0.1, 0.15) is 34.1 Å². The summed E-state index contributed by atoms with van der Waals surface area (Å²) in [5, 5.41) is 4.39. The van der Waals surface area contributed by atoms with Gasteiger partial charge in [0.2, 0.25) is 0 Å². The Morgan fingerprint density at radius 3 is 2.45 bits per heavy atom. The lowest BCUT2D eigenvalue weighted by atomic mass is 9.96. The number of ether oxygens (including phenoxy) is 1. The summed E-state index contributed by atoms with van der Waals surface area (Å²) >= 11 is 0. The van der Waals surface area contributed by atoms with Crippen molar-refractivity contribution in [2.24, 2.45) is 12.9 Å². The van der Waals surface area contributed by atoms with Crippen molar-refractivity contribution in [2.75, 3.05) is 7.11 Å². The van der Waals surface area contributed by atoms with Gasteiger partial charge in [0, 0.05) is 12.6 Å². The second-order valence-electron chi connectivity index (χ2n) is 5.13. The molecule has 0 saturated heterocycles. The third-order valence-corrected chi connectivity index (χ3v) is 3.50. The summed E-state index contributed by atoms with van der Waals surface area (Å²) in [6, 6.07) is 6.03. The standard InChI is InChI=1S/C15H22N4O/c1-9-6-10(2)14(13(7-9)20-5)15(17-16)12-8-11(3)18-19(12)4/h6-8,15,17H,16H2,1-5H3. The average Bonchev–Trinajstić information content (AvgIpc) is 2.71. The molecule has 1 aromatic heterocycles. The summed E-state index contributed by atoms with van der Waals surface area (Å²) in [5.74, 6) is 6.64. The van der Waals surface area contributed by atoms with Crippen molar-refractivity contribution in [1.82, 2.24) is 15.2 Å². The average molecular weight is 274 g/mol. The van der Waals surface area contributed by atoms with Crippen molar-refractivity contribution in [3.8, 4) is 5.75 Å². The third kappa shape index (κ3) is 2.55. The molecule has 1 atom stereocenters. The van der Waals surface area contributed by atoms with Crippen LogP contribution in [-0.2, 0) is 7.05 Å². The number of nitrogens with zero attached hydrogens (tertiary/aromatic N) is 2. The van der Waals surface area contributed by atoms with E-state index in [-0.39, 0.29) is 6.04 Å². The number of aromatic nitrogens is 2. The minimum Gasteiger partial charge on any atom is -0.496 e. The van der Waals surface area contributed by atoms with Crippen molar-refractivity contribution < 1.29 is 4.74 Å². The van der Waals surface area contributed by atoms with Crippen LogP contribution in [0.2, 0.25) is 0 Å². The molecule has 1 heterocycles. The fraction of sp³-hybridized carbons (Fsp3) is 0.400. The first kappa shape index (κ1) is 14.6. The van der Waals surface area contributed by atoms with Gasteiger partial charge in [-0.25, -0.2) is 5.43 Å². The molecule has 2 rings (SSSR count). The molecule has 1 aromatic carbocycles. The van der Waals surface area contributed by atoms with E-state index in [0.717, 1.165) is 28.3 Å². The Labute approximate surface area is 119 Å². The van der Waals surface area contributed by atoms with Crippen LogP contribution < -0.4 is 16.0 Å². The number of hydrogen-bond acceptors (Lipinski definition) is 4. The normalized spacial score (nSPS) is 12.5. The Hall–Kier alpha value is -1.85. The van der Waals surface area contributed by atoms with Crippen LogP contribution in [0.3, 0.4) is 0 Å². The summed E-state index contributed by atoms with van der Waals surface area (Å²) < 4.78 is 7.38. The number of aryl methyl sites for hydroxylation is 4. The number of hydrogen-bond donors (Lipinski definition) is 2. The number of nitrogens with two attached hydrogens (primary N) is 1. The molecular weight excluding hydrogens is 252 g/mol. The molecule has 0 radical (unpaired) electrons. The zero-order chi connectivity index (χ0) is 14.9. The Kier molecular flexibility index (Phi) is 4.11. The van der Waals surface area contributed by atoms with Gasteiger partial charge in [0.15, 0.2) is 0 Å². The maximum atomic E-state index is 5.80. The van der Waals surface area contributed by atoms with Gasteiger partial charge in [-0.05, 0) is 44.0 Å². The van der Waals surface area contributed by atoms with E-state index in [2.05, 4.69) is 30.4 Å². The fourth-order valence-corrected chi connectivity index (χ4v) is 2.70. The number of methoxy groups -OCH3 is 1. The van der Waals surface area contributed by atoms with Crippen molar-refractivity contribution in [3.05, 3.63) is 46.3 Å². The lowest BCUT2D eigenvalue weighted by Crippen LogP contribution is -2.31. The highest BCUT2D eigenvalue weighted by atomic mass is 16.5. The smallest absolute Gasteiger partial charge is 0.124 e. The summed E-state index contributed by atoms with van der Waals surface area (Å²) in [4.78, 5) is 0. The zero-order valence-electron chi connectivity index (χ0n) is 12.7. The maximum absolute atomic E-state index is 5.80. The highest BCUT2D eigenvalue weighted by Crippen LogP contribution is 2.33. The highest BCUT2D eigenvalue weighted by Gasteiger charge is 2.22. The molecule has 3 N–H and O–H groups in total. The SMILES string of the molecule is COc1cc(C)cc(C)c1C(NN)c1cc(C)nn1C. The number of nitrogens with one attached hydrogen (secondary N) is 1. The third-order valence-electron chi connectivity index (χ3n) is 3.50. The highest BCUT2D eigenvalue weighted by molar-refractivity contribution is 5.47. The monoisotopic (exact) mass is 274 g/mol. The minimum atomic E-state index is -0.156. The second kappa shape index (κ2) is 5.64. The predicted octanol–water partition coefficient (Wildman–Crippen LogP) is 1.91. The van der Waals surface area contributed by atoms with Gasteiger partial charge in [-0.1, -0.05) is 6.07 Å². The Balaban J connectivity index is 2.60. The van der Waals surface area contributed by atoms with Gasteiger partial charge in [0.1, 0.15) is 5.75 Å².